The number of allylic oxidation sites excluding steroid dienone is 2. The molecule has 1 aliphatic heterocycles. The van der Waals surface area contributed by atoms with Crippen molar-refractivity contribution < 1.29 is 8.98 Å². The third kappa shape index (κ3) is 1.89. The SMILES string of the molecule is NCC(=O)O[SH]1C=CC=C1. The van der Waals surface area contributed by atoms with Crippen LogP contribution in [-0.4, -0.2) is 12.5 Å². The summed E-state index contributed by atoms with van der Waals surface area (Å²) in [6.07, 6.45) is 3.71. The van der Waals surface area contributed by atoms with Crippen LogP contribution in [0.3, 0.4) is 0 Å². The molecule has 0 aliphatic carbocycles. The van der Waals surface area contributed by atoms with E-state index in [-0.39, 0.29) is 12.5 Å². The molecule has 0 radical (unpaired) electrons. The summed E-state index contributed by atoms with van der Waals surface area (Å²) >= 11 is -0.781. The van der Waals surface area contributed by atoms with Crippen LogP contribution < -0.4 is 5.73 Å². The number of carbonyl (C=O) groups is 1. The third-order valence-corrected chi connectivity index (χ3v) is 2.30. The number of carbonyl (C=O) groups excluding carboxylic acids is 1. The first-order valence-electron chi connectivity index (χ1n) is 2.87. The maximum Gasteiger partial charge on any atom is 0.330 e. The van der Waals surface area contributed by atoms with Crippen LogP contribution in [0.15, 0.2) is 23.0 Å². The summed E-state index contributed by atoms with van der Waals surface area (Å²) in [5.74, 6) is -0.345. The predicted molar refractivity (Wildman–Crippen MR) is 42.4 cm³/mol. The second-order valence-corrected chi connectivity index (χ2v) is 3.21. The lowest BCUT2D eigenvalue weighted by molar-refractivity contribution is -0.131. The van der Waals surface area contributed by atoms with Crippen LogP contribution >= 0.6 is 11.2 Å². The minimum absolute atomic E-state index is 0.0412. The van der Waals surface area contributed by atoms with Gasteiger partial charge in [0.1, 0.15) is 0 Å². The van der Waals surface area contributed by atoms with Crippen molar-refractivity contribution in [1.82, 2.24) is 0 Å². The highest BCUT2D eigenvalue weighted by atomic mass is 32.2. The van der Waals surface area contributed by atoms with Gasteiger partial charge in [-0.05, 0) is 10.8 Å². The summed E-state index contributed by atoms with van der Waals surface area (Å²) in [6.45, 7) is -0.0412. The third-order valence-electron chi connectivity index (χ3n) is 0.951. The van der Waals surface area contributed by atoms with Gasteiger partial charge < -0.3 is 9.92 Å². The smallest absolute Gasteiger partial charge is 0.330 e. The second-order valence-electron chi connectivity index (χ2n) is 1.71. The quantitative estimate of drug-likeness (QED) is 0.575. The fraction of sp³-hybridized carbons (Fsp3) is 0.167. The average Bonchev–Trinajstić information content (AvgIpc) is 2.40. The number of rotatable bonds is 2. The van der Waals surface area contributed by atoms with Gasteiger partial charge in [0, 0.05) is 0 Å². The monoisotopic (exact) mass is 159 g/mol. The molecule has 56 valence electrons. The van der Waals surface area contributed by atoms with Crippen LogP contribution in [0.1, 0.15) is 0 Å². The molecule has 0 aromatic heterocycles. The fourth-order valence-electron chi connectivity index (χ4n) is 0.534. The summed E-state index contributed by atoms with van der Waals surface area (Å²) in [5.41, 5.74) is 5.04. The van der Waals surface area contributed by atoms with Gasteiger partial charge in [-0.3, -0.25) is 0 Å². The van der Waals surface area contributed by atoms with E-state index in [2.05, 4.69) is 0 Å². The van der Waals surface area contributed by atoms with Gasteiger partial charge in [-0.1, -0.05) is 23.3 Å². The molecule has 0 saturated heterocycles. The highest BCUT2D eigenvalue weighted by Gasteiger charge is 2.03. The largest absolute Gasteiger partial charge is 0.409 e. The Kier molecular flexibility index (Phi) is 2.53. The molecule has 0 bridgehead atoms. The molecule has 1 heterocycles. The van der Waals surface area contributed by atoms with Gasteiger partial charge in [-0.2, -0.15) is 0 Å². The van der Waals surface area contributed by atoms with Crippen molar-refractivity contribution in [3.63, 3.8) is 0 Å². The average molecular weight is 159 g/mol. The zero-order chi connectivity index (χ0) is 7.40. The molecule has 0 atom stereocenters. The second kappa shape index (κ2) is 3.43. The van der Waals surface area contributed by atoms with E-state index in [0.717, 1.165) is 0 Å². The van der Waals surface area contributed by atoms with Crippen LogP contribution in [-0.2, 0) is 8.98 Å². The maximum absolute atomic E-state index is 10.6. The van der Waals surface area contributed by atoms with Crippen LogP contribution in [0, 0.1) is 0 Å². The van der Waals surface area contributed by atoms with E-state index in [1.165, 1.54) is 0 Å². The Hall–Kier alpha value is -0.740. The molecule has 0 fully saturated rings. The van der Waals surface area contributed by atoms with E-state index in [1.54, 1.807) is 0 Å². The lowest BCUT2D eigenvalue weighted by Crippen LogP contribution is -2.14. The van der Waals surface area contributed by atoms with Gasteiger partial charge in [0.2, 0.25) is 0 Å². The summed E-state index contributed by atoms with van der Waals surface area (Å²) in [4.78, 5) is 10.6. The molecule has 3 nitrogen and oxygen atoms in total. The van der Waals surface area contributed by atoms with Crippen LogP contribution in [0.5, 0.6) is 0 Å². The molecular formula is C6H9NO2S. The first-order valence-corrected chi connectivity index (χ1v) is 4.27. The summed E-state index contributed by atoms with van der Waals surface area (Å²) < 4.78 is 4.89. The van der Waals surface area contributed by atoms with Crippen molar-refractivity contribution in [2.45, 2.75) is 0 Å². The predicted octanol–water partition coefficient (Wildman–Crippen LogP) is 0.446. The van der Waals surface area contributed by atoms with Crippen molar-refractivity contribution in [3.05, 3.63) is 23.0 Å². The van der Waals surface area contributed by atoms with Crippen LogP contribution in [0.4, 0.5) is 0 Å². The fourth-order valence-corrected chi connectivity index (χ4v) is 1.60. The Balaban J connectivity index is 2.32. The minimum atomic E-state index is -0.781. The van der Waals surface area contributed by atoms with Crippen molar-refractivity contribution in [2.75, 3.05) is 6.54 Å². The molecule has 1 aliphatic rings. The number of hydrogen-bond acceptors (Lipinski definition) is 3. The first kappa shape index (κ1) is 7.37. The Morgan fingerprint density at radius 3 is 2.60 bits per heavy atom. The normalized spacial score (nSPS) is 17.9. The molecule has 2 N–H and O–H groups in total. The number of nitrogens with two attached hydrogens (primary N) is 1. The molecule has 1 rings (SSSR count). The number of hydrogen-bond donors (Lipinski definition) is 2. The van der Waals surface area contributed by atoms with Gasteiger partial charge >= 0.3 is 5.97 Å². The molecular weight excluding hydrogens is 150 g/mol. The Morgan fingerprint density at radius 2 is 2.10 bits per heavy atom. The van der Waals surface area contributed by atoms with Crippen molar-refractivity contribution in [3.8, 4) is 0 Å². The van der Waals surface area contributed by atoms with E-state index >= 15 is 0 Å². The van der Waals surface area contributed by atoms with Gasteiger partial charge in [0.25, 0.3) is 0 Å². The van der Waals surface area contributed by atoms with Gasteiger partial charge in [-0.15, -0.1) is 0 Å². The summed E-state index contributed by atoms with van der Waals surface area (Å²) in [7, 11) is 0. The highest BCUT2D eigenvalue weighted by molar-refractivity contribution is 8.18. The molecule has 0 spiro atoms. The molecule has 0 aromatic rings. The van der Waals surface area contributed by atoms with Crippen molar-refractivity contribution >= 4 is 17.1 Å². The first-order chi connectivity index (χ1) is 4.83. The molecule has 0 amide bonds. The molecule has 0 aromatic carbocycles. The standard InChI is InChI=1S/C6H9NO2S/c7-5-6(8)9-10-3-1-2-4-10/h1-4,10H,5,7H2. The van der Waals surface area contributed by atoms with Gasteiger partial charge in [-0.25, -0.2) is 4.79 Å². The Morgan fingerprint density at radius 1 is 1.50 bits per heavy atom. The molecule has 4 heteroatoms. The van der Waals surface area contributed by atoms with Gasteiger partial charge in [0.05, 0.1) is 6.54 Å². The van der Waals surface area contributed by atoms with Crippen molar-refractivity contribution in [1.29, 1.82) is 0 Å². The lowest BCUT2D eigenvalue weighted by atomic mass is 10.6. The van der Waals surface area contributed by atoms with E-state index < -0.39 is 11.2 Å². The Labute approximate surface area is 62.1 Å². The molecule has 0 saturated carbocycles. The molecule has 10 heavy (non-hydrogen) atoms. The van der Waals surface area contributed by atoms with E-state index in [4.69, 9.17) is 9.92 Å². The zero-order valence-electron chi connectivity index (χ0n) is 5.36. The molecule has 0 unspecified atom stereocenters. The highest BCUT2D eigenvalue weighted by Crippen LogP contribution is 2.33. The minimum Gasteiger partial charge on any atom is -0.409 e. The summed E-state index contributed by atoms with van der Waals surface area (Å²) in [5, 5.41) is 3.70. The van der Waals surface area contributed by atoms with E-state index in [1.807, 2.05) is 23.0 Å². The Bertz CT molecular complexity index is 176. The number of thiol groups is 1. The summed E-state index contributed by atoms with van der Waals surface area (Å²) in [6, 6.07) is 0. The van der Waals surface area contributed by atoms with E-state index in [9.17, 15) is 4.79 Å². The van der Waals surface area contributed by atoms with Crippen LogP contribution in [0.2, 0.25) is 0 Å². The van der Waals surface area contributed by atoms with E-state index in [0.29, 0.717) is 0 Å². The maximum atomic E-state index is 10.6. The van der Waals surface area contributed by atoms with Crippen molar-refractivity contribution in [2.24, 2.45) is 5.73 Å². The topological polar surface area (TPSA) is 52.3 Å². The lowest BCUT2D eigenvalue weighted by Gasteiger charge is -2.09. The van der Waals surface area contributed by atoms with Crippen LogP contribution in [0.25, 0.3) is 0 Å². The van der Waals surface area contributed by atoms with Gasteiger partial charge in [0.15, 0.2) is 0 Å². The zero-order valence-corrected chi connectivity index (χ0v) is 6.25.